The molecule has 4 heteroatoms. The molecule has 0 saturated carbocycles. The predicted octanol–water partition coefficient (Wildman–Crippen LogP) is 1.01. The maximum Gasteiger partial charge on any atom is 0.161 e. The number of nitrogens with zero attached hydrogens (tertiary/aromatic N) is 2. The van der Waals surface area contributed by atoms with Gasteiger partial charge in [0.2, 0.25) is 0 Å². The largest absolute Gasteiger partial charge is 0.368 e. The van der Waals surface area contributed by atoms with Gasteiger partial charge in [-0.2, -0.15) is 0 Å². The van der Waals surface area contributed by atoms with Crippen molar-refractivity contribution in [2.24, 2.45) is 4.99 Å². The van der Waals surface area contributed by atoms with Crippen LogP contribution in [-0.4, -0.2) is 42.8 Å². The lowest BCUT2D eigenvalue weighted by Gasteiger charge is -2.12. The Kier molecular flexibility index (Phi) is 2.78. The second-order valence-corrected chi connectivity index (χ2v) is 3.83. The highest BCUT2D eigenvalue weighted by molar-refractivity contribution is 8.14. The molecule has 1 aliphatic rings. The molecule has 1 unspecified atom stereocenters. The first-order chi connectivity index (χ1) is 5.15. The van der Waals surface area contributed by atoms with E-state index in [1.807, 2.05) is 19.0 Å². The van der Waals surface area contributed by atoms with E-state index in [0.29, 0.717) is 0 Å². The molecule has 0 N–H and O–H groups in total. The van der Waals surface area contributed by atoms with Gasteiger partial charge >= 0.3 is 0 Å². The van der Waals surface area contributed by atoms with Gasteiger partial charge in [-0.05, 0) is 6.92 Å². The third-order valence-corrected chi connectivity index (χ3v) is 3.04. The summed E-state index contributed by atoms with van der Waals surface area (Å²) in [6.45, 7) is 2.07. The standard InChI is InChI=1S/C7H14N2OS/c1-5-6(10-4)11-7(8-5)9(2)3/h5-6H,1-4H3/t5?,6-/m1/s1. The molecule has 0 spiro atoms. The Morgan fingerprint density at radius 3 is 2.45 bits per heavy atom. The highest BCUT2D eigenvalue weighted by atomic mass is 32.2. The van der Waals surface area contributed by atoms with Crippen LogP contribution in [0.3, 0.4) is 0 Å². The number of rotatable bonds is 1. The minimum absolute atomic E-state index is 0.201. The van der Waals surface area contributed by atoms with Gasteiger partial charge < -0.3 is 9.64 Å². The fourth-order valence-corrected chi connectivity index (χ4v) is 1.93. The van der Waals surface area contributed by atoms with Crippen LogP contribution in [0.15, 0.2) is 4.99 Å². The second-order valence-electron chi connectivity index (χ2n) is 2.77. The molecule has 2 atom stereocenters. The van der Waals surface area contributed by atoms with Crippen molar-refractivity contribution in [1.82, 2.24) is 4.90 Å². The van der Waals surface area contributed by atoms with Gasteiger partial charge in [0.1, 0.15) is 5.44 Å². The van der Waals surface area contributed by atoms with E-state index in [-0.39, 0.29) is 11.5 Å². The Labute approximate surface area is 71.8 Å². The molecule has 0 aromatic heterocycles. The van der Waals surface area contributed by atoms with E-state index in [1.54, 1.807) is 18.9 Å². The van der Waals surface area contributed by atoms with Gasteiger partial charge in [-0.3, -0.25) is 4.99 Å². The molecule has 0 aliphatic carbocycles. The summed E-state index contributed by atoms with van der Waals surface area (Å²) in [6.07, 6.45) is 0. The minimum atomic E-state index is 0.201. The number of thioether (sulfide) groups is 1. The molecule has 0 saturated heterocycles. The third kappa shape index (κ3) is 1.87. The highest BCUT2D eigenvalue weighted by Gasteiger charge is 2.27. The second kappa shape index (κ2) is 3.45. The molecule has 1 aliphatic heterocycles. The maximum atomic E-state index is 5.23. The summed E-state index contributed by atoms with van der Waals surface area (Å²) < 4.78 is 5.23. The van der Waals surface area contributed by atoms with Gasteiger partial charge in [0.25, 0.3) is 0 Å². The Morgan fingerprint density at radius 2 is 2.18 bits per heavy atom. The van der Waals surface area contributed by atoms with Crippen LogP contribution in [0.5, 0.6) is 0 Å². The summed E-state index contributed by atoms with van der Waals surface area (Å²) in [5.74, 6) is 0. The maximum absolute atomic E-state index is 5.23. The molecule has 1 rings (SSSR count). The molecule has 0 aromatic rings. The zero-order valence-corrected chi connectivity index (χ0v) is 8.18. The first kappa shape index (κ1) is 8.87. The number of ether oxygens (including phenoxy) is 1. The van der Waals surface area contributed by atoms with Gasteiger partial charge in [0.05, 0.1) is 6.04 Å². The van der Waals surface area contributed by atoms with E-state index < -0.39 is 0 Å². The van der Waals surface area contributed by atoms with E-state index in [4.69, 9.17) is 4.74 Å². The normalized spacial score (nSPS) is 30.4. The Bertz CT molecular complexity index is 170. The minimum Gasteiger partial charge on any atom is -0.368 e. The molecule has 0 aromatic carbocycles. The van der Waals surface area contributed by atoms with Gasteiger partial charge in [-0.1, -0.05) is 11.8 Å². The van der Waals surface area contributed by atoms with Crippen LogP contribution in [0.4, 0.5) is 0 Å². The molecule has 11 heavy (non-hydrogen) atoms. The van der Waals surface area contributed by atoms with Crippen LogP contribution in [0.25, 0.3) is 0 Å². The Hall–Kier alpha value is -0.220. The molecule has 0 fully saturated rings. The smallest absolute Gasteiger partial charge is 0.161 e. The van der Waals surface area contributed by atoms with Gasteiger partial charge in [0.15, 0.2) is 5.17 Å². The molecular formula is C7H14N2OS. The summed E-state index contributed by atoms with van der Waals surface area (Å²) in [5, 5.41) is 1.06. The lowest BCUT2D eigenvalue weighted by Crippen LogP contribution is -2.18. The van der Waals surface area contributed by atoms with E-state index >= 15 is 0 Å². The first-order valence-electron chi connectivity index (χ1n) is 3.59. The number of aliphatic imine (C=N–C) groups is 1. The van der Waals surface area contributed by atoms with E-state index in [0.717, 1.165) is 5.17 Å². The number of methoxy groups -OCH3 is 1. The summed E-state index contributed by atoms with van der Waals surface area (Å²) in [5.41, 5.74) is 0.201. The zero-order chi connectivity index (χ0) is 8.43. The monoisotopic (exact) mass is 174 g/mol. The SMILES string of the molecule is CO[C@@H]1SC(N(C)C)=NC1C. The Balaban J connectivity index is 2.56. The summed E-state index contributed by atoms with van der Waals surface area (Å²) in [6, 6.07) is 0.280. The third-order valence-electron chi connectivity index (χ3n) is 1.54. The van der Waals surface area contributed by atoms with Crippen molar-refractivity contribution in [2.75, 3.05) is 21.2 Å². The van der Waals surface area contributed by atoms with Crippen LogP contribution in [0.2, 0.25) is 0 Å². The average Bonchev–Trinajstić information content (AvgIpc) is 2.31. The van der Waals surface area contributed by atoms with E-state index in [1.165, 1.54) is 0 Å². The fraction of sp³-hybridized carbons (Fsp3) is 0.857. The number of amidine groups is 1. The summed E-state index contributed by atoms with van der Waals surface area (Å²) in [4.78, 5) is 6.43. The highest BCUT2D eigenvalue weighted by Crippen LogP contribution is 2.27. The van der Waals surface area contributed by atoms with Gasteiger partial charge in [-0.15, -0.1) is 0 Å². The molecular weight excluding hydrogens is 160 g/mol. The van der Waals surface area contributed by atoms with Crippen molar-refractivity contribution in [3.05, 3.63) is 0 Å². The predicted molar refractivity (Wildman–Crippen MR) is 49.0 cm³/mol. The molecule has 64 valence electrons. The van der Waals surface area contributed by atoms with E-state index in [9.17, 15) is 0 Å². The van der Waals surface area contributed by atoms with Crippen LogP contribution >= 0.6 is 11.8 Å². The van der Waals surface area contributed by atoms with Gasteiger partial charge in [0, 0.05) is 21.2 Å². The molecule has 3 nitrogen and oxygen atoms in total. The zero-order valence-electron chi connectivity index (χ0n) is 7.37. The lowest BCUT2D eigenvalue weighted by molar-refractivity contribution is 0.160. The quantitative estimate of drug-likeness (QED) is 0.593. The first-order valence-corrected chi connectivity index (χ1v) is 4.47. The van der Waals surface area contributed by atoms with Crippen molar-refractivity contribution in [1.29, 1.82) is 0 Å². The van der Waals surface area contributed by atoms with Crippen LogP contribution in [0.1, 0.15) is 6.92 Å². The topological polar surface area (TPSA) is 24.8 Å². The number of hydrogen-bond acceptors (Lipinski definition) is 4. The fourth-order valence-electron chi connectivity index (χ4n) is 0.934. The van der Waals surface area contributed by atoms with Crippen molar-refractivity contribution in [3.8, 4) is 0 Å². The molecule has 0 bridgehead atoms. The summed E-state index contributed by atoms with van der Waals surface area (Å²) in [7, 11) is 5.72. The lowest BCUT2D eigenvalue weighted by atomic mass is 10.4. The van der Waals surface area contributed by atoms with Crippen molar-refractivity contribution < 1.29 is 4.74 Å². The average molecular weight is 174 g/mol. The van der Waals surface area contributed by atoms with Crippen molar-refractivity contribution in [3.63, 3.8) is 0 Å². The van der Waals surface area contributed by atoms with Gasteiger partial charge in [-0.25, -0.2) is 0 Å². The van der Waals surface area contributed by atoms with Crippen LogP contribution in [0, 0.1) is 0 Å². The molecule has 0 amide bonds. The van der Waals surface area contributed by atoms with Crippen LogP contribution in [-0.2, 0) is 4.74 Å². The summed E-state index contributed by atoms with van der Waals surface area (Å²) >= 11 is 1.68. The van der Waals surface area contributed by atoms with Crippen LogP contribution < -0.4 is 0 Å². The molecule has 0 radical (unpaired) electrons. The molecule has 1 heterocycles. The van der Waals surface area contributed by atoms with E-state index in [2.05, 4.69) is 11.9 Å². The van der Waals surface area contributed by atoms with Crippen molar-refractivity contribution >= 4 is 16.9 Å². The van der Waals surface area contributed by atoms with Crippen molar-refractivity contribution in [2.45, 2.75) is 18.4 Å². The Morgan fingerprint density at radius 1 is 1.55 bits per heavy atom. The number of hydrogen-bond donors (Lipinski definition) is 0.